The van der Waals surface area contributed by atoms with Gasteiger partial charge in [0.1, 0.15) is 23.1 Å². The Morgan fingerprint density at radius 1 is 1.07 bits per heavy atom. The highest BCUT2D eigenvalue weighted by atomic mass is 79.9. The van der Waals surface area contributed by atoms with Crippen molar-refractivity contribution < 1.29 is 14.4 Å². The van der Waals surface area contributed by atoms with E-state index < -0.39 is 23.4 Å². The molecule has 1 saturated heterocycles. The number of carbonyl (C=O) groups is 3. The minimum Gasteiger partial charge on any atom is -0.320 e. The van der Waals surface area contributed by atoms with Crippen molar-refractivity contribution in [2.45, 2.75) is 25.8 Å². The molecule has 3 aromatic heterocycles. The van der Waals surface area contributed by atoms with Crippen molar-refractivity contribution in [1.29, 1.82) is 0 Å². The fourth-order valence-electron chi connectivity index (χ4n) is 4.91. The third-order valence-corrected chi connectivity index (χ3v) is 7.31. The standard InChI is InChI=1S/C29H22BrN7O4/c1-16-32-26-19(29(41)37(16)22-11-12-24(38)34-28(22)40)8-5-9-21(26)33-27(39)20-15-36(23-10-2-3-13-31-23)35-25(20)17-6-4-7-18(30)14-17/h2-10,13-15,22H,11-12H2,1H3,(H,33,39)(H,34,38,40). The number of aryl methyl sites for hydroxylation is 1. The highest BCUT2D eigenvalue weighted by Crippen LogP contribution is 2.28. The number of hydrogen-bond acceptors (Lipinski definition) is 7. The number of rotatable bonds is 5. The maximum atomic E-state index is 13.7. The summed E-state index contributed by atoms with van der Waals surface area (Å²) < 4.78 is 3.67. The van der Waals surface area contributed by atoms with Crippen LogP contribution in [0.4, 0.5) is 5.69 Å². The van der Waals surface area contributed by atoms with Gasteiger partial charge in [-0.2, -0.15) is 5.10 Å². The summed E-state index contributed by atoms with van der Waals surface area (Å²) in [6, 6.07) is 16.9. The van der Waals surface area contributed by atoms with Crippen LogP contribution in [0.15, 0.2) is 82.3 Å². The normalized spacial score (nSPS) is 15.1. The molecule has 6 rings (SSSR count). The molecule has 1 aliphatic heterocycles. The van der Waals surface area contributed by atoms with Gasteiger partial charge in [-0.1, -0.05) is 40.2 Å². The van der Waals surface area contributed by atoms with E-state index in [-0.39, 0.29) is 35.5 Å². The zero-order valence-electron chi connectivity index (χ0n) is 21.7. The Labute approximate surface area is 241 Å². The fourth-order valence-corrected chi connectivity index (χ4v) is 5.31. The van der Waals surface area contributed by atoms with Crippen LogP contribution in [0, 0.1) is 6.92 Å². The highest BCUT2D eigenvalue weighted by Gasteiger charge is 2.31. The number of carbonyl (C=O) groups excluding carboxylic acids is 3. The largest absolute Gasteiger partial charge is 0.320 e. The zero-order valence-corrected chi connectivity index (χ0v) is 23.3. The summed E-state index contributed by atoms with van der Waals surface area (Å²) in [5.74, 6) is -0.537. The van der Waals surface area contributed by atoms with Crippen molar-refractivity contribution in [2.24, 2.45) is 0 Å². The Balaban J connectivity index is 1.41. The SMILES string of the molecule is Cc1nc2c(NC(=O)c3cn(-c4ccccn4)nc3-c3cccc(Br)c3)cccc2c(=O)n1C1CCC(=O)NC1=O. The Bertz CT molecular complexity index is 1920. The van der Waals surface area contributed by atoms with Gasteiger partial charge in [0.15, 0.2) is 5.82 Å². The molecule has 0 saturated carbocycles. The Kier molecular flexibility index (Phi) is 6.75. The van der Waals surface area contributed by atoms with E-state index in [1.807, 2.05) is 30.3 Å². The monoisotopic (exact) mass is 611 g/mol. The molecule has 0 bridgehead atoms. The molecule has 1 atom stereocenters. The summed E-state index contributed by atoms with van der Waals surface area (Å²) in [6.45, 7) is 1.62. The molecule has 4 heterocycles. The van der Waals surface area contributed by atoms with Crippen LogP contribution < -0.4 is 16.2 Å². The summed E-state index contributed by atoms with van der Waals surface area (Å²) in [5, 5.41) is 10.1. The third kappa shape index (κ3) is 4.93. The number of hydrogen-bond donors (Lipinski definition) is 2. The zero-order chi connectivity index (χ0) is 28.7. The number of aromatic nitrogens is 5. The van der Waals surface area contributed by atoms with E-state index in [9.17, 15) is 19.2 Å². The van der Waals surface area contributed by atoms with Crippen LogP contribution >= 0.6 is 15.9 Å². The minimum atomic E-state index is -0.847. The molecule has 0 radical (unpaired) electrons. The van der Waals surface area contributed by atoms with Gasteiger partial charge in [0.25, 0.3) is 11.5 Å². The predicted molar refractivity (Wildman–Crippen MR) is 155 cm³/mol. The van der Waals surface area contributed by atoms with Crippen LogP contribution in [-0.4, -0.2) is 42.0 Å². The Morgan fingerprint density at radius 2 is 1.90 bits per heavy atom. The number of imide groups is 1. The lowest BCUT2D eigenvalue weighted by atomic mass is 10.1. The number of piperidine rings is 1. The predicted octanol–water partition coefficient (Wildman–Crippen LogP) is 3.95. The van der Waals surface area contributed by atoms with E-state index in [1.54, 1.807) is 49.6 Å². The quantitative estimate of drug-likeness (QED) is 0.287. The first kappa shape index (κ1) is 26.3. The smallest absolute Gasteiger partial charge is 0.262 e. The molecule has 0 spiro atoms. The molecule has 5 aromatic rings. The number of pyridine rings is 1. The molecule has 2 aromatic carbocycles. The molecule has 1 fully saturated rings. The van der Waals surface area contributed by atoms with Gasteiger partial charge in [-0.3, -0.25) is 29.1 Å². The van der Waals surface area contributed by atoms with Crippen LogP contribution in [0.1, 0.15) is 35.1 Å². The number of benzene rings is 2. The molecule has 12 heteroatoms. The van der Waals surface area contributed by atoms with Crippen molar-refractivity contribution >= 4 is 50.2 Å². The second-order valence-electron chi connectivity index (χ2n) is 9.49. The van der Waals surface area contributed by atoms with E-state index in [0.717, 1.165) is 10.0 Å². The molecule has 204 valence electrons. The summed E-state index contributed by atoms with van der Waals surface area (Å²) in [7, 11) is 0. The topological polar surface area (TPSA) is 141 Å². The number of nitrogens with one attached hydrogen (secondary N) is 2. The number of fused-ring (bicyclic) bond motifs is 1. The molecule has 3 amide bonds. The summed E-state index contributed by atoms with van der Waals surface area (Å²) >= 11 is 3.48. The summed E-state index contributed by atoms with van der Waals surface area (Å²) in [5.41, 5.74) is 1.63. The lowest BCUT2D eigenvalue weighted by Gasteiger charge is -2.24. The van der Waals surface area contributed by atoms with E-state index in [2.05, 4.69) is 41.6 Å². The molecular weight excluding hydrogens is 590 g/mol. The molecule has 0 aliphatic carbocycles. The second kappa shape index (κ2) is 10.5. The number of nitrogens with zero attached hydrogens (tertiary/aromatic N) is 5. The summed E-state index contributed by atoms with van der Waals surface area (Å²) in [6.07, 6.45) is 3.57. The van der Waals surface area contributed by atoms with Crippen LogP contribution in [0.2, 0.25) is 0 Å². The first-order valence-corrected chi connectivity index (χ1v) is 13.5. The Hall–Kier alpha value is -4.97. The van der Waals surface area contributed by atoms with Crippen LogP contribution in [0.3, 0.4) is 0 Å². The van der Waals surface area contributed by atoms with Crippen LogP contribution in [0.5, 0.6) is 0 Å². The van der Waals surface area contributed by atoms with Crippen molar-refractivity contribution in [1.82, 2.24) is 29.6 Å². The van der Waals surface area contributed by atoms with E-state index in [1.165, 1.54) is 9.25 Å². The van der Waals surface area contributed by atoms with Crippen LogP contribution in [0.25, 0.3) is 28.0 Å². The van der Waals surface area contributed by atoms with Crippen molar-refractivity contribution in [3.63, 3.8) is 0 Å². The molecule has 1 aliphatic rings. The number of amides is 3. The maximum absolute atomic E-state index is 13.7. The van der Waals surface area contributed by atoms with Gasteiger partial charge in [-0.15, -0.1) is 0 Å². The van der Waals surface area contributed by atoms with Gasteiger partial charge in [0.2, 0.25) is 11.8 Å². The first-order chi connectivity index (χ1) is 19.8. The van der Waals surface area contributed by atoms with Crippen LogP contribution in [-0.2, 0) is 9.59 Å². The average Bonchev–Trinajstić information content (AvgIpc) is 3.41. The van der Waals surface area contributed by atoms with Gasteiger partial charge in [0.05, 0.1) is 16.6 Å². The van der Waals surface area contributed by atoms with Gasteiger partial charge in [0, 0.05) is 28.9 Å². The number of halogens is 1. The number of anilines is 1. The van der Waals surface area contributed by atoms with Gasteiger partial charge in [-0.05, 0) is 49.7 Å². The first-order valence-electron chi connectivity index (χ1n) is 12.7. The lowest BCUT2D eigenvalue weighted by Crippen LogP contribution is -2.45. The van der Waals surface area contributed by atoms with E-state index in [0.29, 0.717) is 22.8 Å². The van der Waals surface area contributed by atoms with E-state index in [4.69, 9.17) is 0 Å². The van der Waals surface area contributed by atoms with Gasteiger partial charge in [-0.25, -0.2) is 14.6 Å². The van der Waals surface area contributed by atoms with Crippen molar-refractivity contribution in [2.75, 3.05) is 5.32 Å². The molecule has 41 heavy (non-hydrogen) atoms. The third-order valence-electron chi connectivity index (χ3n) is 6.82. The maximum Gasteiger partial charge on any atom is 0.262 e. The highest BCUT2D eigenvalue weighted by molar-refractivity contribution is 9.10. The molecular formula is C29H22BrN7O4. The van der Waals surface area contributed by atoms with Gasteiger partial charge < -0.3 is 5.32 Å². The van der Waals surface area contributed by atoms with Crippen molar-refractivity contribution in [3.05, 3.63) is 99.3 Å². The minimum absolute atomic E-state index is 0.128. The van der Waals surface area contributed by atoms with E-state index >= 15 is 0 Å². The average molecular weight is 612 g/mol. The molecule has 11 nitrogen and oxygen atoms in total. The lowest BCUT2D eigenvalue weighted by molar-refractivity contribution is -0.135. The summed E-state index contributed by atoms with van der Waals surface area (Å²) in [4.78, 5) is 60.3. The second-order valence-corrected chi connectivity index (χ2v) is 10.4. The number of para-hydroxylation sites is 1. The van der Waals surface area contributed by atoms with Gasteiger partial charge >= 0.3 is 0 Å². The molecule has 2 N–H and O–H groups in total. The Morgan fingerprint density at radius 3 is 2.66 bits per heavy atom. The molecule has 1 unspecified atom stereocenters. The van der Waals surface area contributed by atoms with Crippen molar-refractivity contribution in [3.8, 4) is 17.1 Å². The fraction of sp³-hybridized carbons (Fsp3) is 0.138.